The van der Waals surface area contributed by atoms with E-state index in [-0.39, 0.29) is 6.42 Å². The van der Waals surface area contributed by atoms with Gasteiger partial charge >= 0.3 is 6.09 Å². The second-order valence-electron chi connectivity index (χ2n) is 7.44. The summed E-state index contributed by atoms with van der Waals surface area (Å²) in [6.07, 6.45) is 2.16. The third kappa shape index (κ3) is 4.06. The maximum absolute atomic E-state index is 13.0. The summed E-state index contributed by atoms with van der Waals surface area (Å²) in [7, 11) is 1.55. The number of carbonyl (C=O) groups excluding carboxylic acids is 2. The monoisotopic (exact) mass is 421 g/mol. The van der Waals surface area contributed by atoms with Crippen molar-refractivity contribution in [2.75, 3.05) is 13.7 Å². The highest BCUT2D eigenvalue weighted by atomic mass is 16.6. The van der Waals surface area contributed by atoms with E-state index in [0.717, 1.165) is 27.1 Å². The average Bonchev–Trinajstić information content (AvgIpc) is 3.13. The normalized spacial score (nSPS) is 18.3. The first-order valence-electron chi connectivity index (χ1n) is 9.99. The first-order valence-corrected chi connectivity index (χ1v) is 9.99. The van der Waals surface area contributed by atoms with Crippen LogP contribution >= 0.6 is 0 Å². The number of nitrogens with zero attached hydrogens (tertiary/aromatic N) is 3. The first-order chi connectivity index (χ1) is 15.0. The number of para-hydroxylation sites is 1. The predicted octanol–water partition coefficient (Wildman–Crippen LogP) is 2.96. The quantitative estimate of drug-likeness (QED) is 0.653. The largest absolute Gasteiger partial charge is 0.497 e. The van der Waals surface area contributed by atoms with E-state index in [1.807, 2.05) is 37.3 Å². The van der Waals surface area contributed by atoms with Gasteiger partial charge in [0.2, 0.25) is 5.91 Å². The van der Waals surface area contributed by atoms with Crippen LogP contribution < -0.4 is 4.74 Å². The molecular weight excluding hydrogens is 398 g/mol. The summed E-state index contributed by atoms with van der Waals surface area (Å²) >= 11 is 0. The second-order valence-corrected chi connectivity index (χ2v) is 7.44. The van der Waals surface area contributed by atoms with Crippen molar-refractivity contribution in [3.8, 4) is 5.75 Å². The third-order valence-electron chi connectivity index (χ3n) is 5.39. The Labute approximate surface area is 179 Å². The lowest BCUT2D eigenvalue weighted by molar-refractivity contribution is -0.129. The van der Waals surface area contributed by atoms with Crippen molar-refractivity contribution in [1.82, 2.24) is 14.9 Å². The van der Waals surface area contributed by atoms with Crippen molar-refractivity contribution < 1.29 is 24.2 Å². The number of fused-ring (bicyclic) bond motifs is 1. The number of cyclic esters (lactones) is 1. The number of rotatable bonds is 6. The minimum absolute atomic E-state index is 0.0745. The molecule has 1 N–H and O–H groups in total. The first kappa shape index (κ1) is 20.7. The standard InChI is InChI=1S/C23H23N3O5/c1-14-10-16(12-17(11-14)30-2)22-19(13-27)26(23(29)31-22)20(28)7-6-15-4-3-5-18-21(15)25-9-8-24-18/h3-5,8-12,19,22,27H,6-7,13H2,1-2H3/t19-,22+/m0/s1. The van der Waals surface area contributed by atoms with Crippen molar-refractivity contribution in [2.45, 2.75) is 31.9 Å². The summed E-state index contributed by atoms with van der Waals surface area (Å²) in [4.78, 5) is 35.2. The van der Waals surface area contributed by atoms with E-state index in [4.69, 9.17) is 9.47 Å². The molecule has 0 saturated carbocycles. The SMILES string of the molecule is COc1cc(C)cc([C@H]2OC(=O)N(C(=O)CCc3cccc4nccnc34)[C@H]2CO)c1. The number of imide groups is 1. The maximum atomic E-state index is 13.0. The smallest absolute Gasteiger partial charge is 0.417 e. The maximum Gasteiger partial charge on any atom is 0.417 e. The summed E-state index contributed by atoms with van der Waals surface area (Å²) in [6, 6.07) is 10.2. The van der Waals surface area contributed by atoms with Gasteiger partial charge in [-0.05, 0) is 48.2 Å². The molecule has 0 bridgehead atoms. The Hall–Kier alpha value is -3.52. The molecule has 3 aromatic rings. The van der Waals surface area contributed by atoms with Crippen molar-refractivity contribution >= 4 is 23.0 Å². The van der Waals surface area contributed by atoms with Crippen LogP contribution in [-0.4, -0.2) is 51.7 Å². The molecule has 2 amide bonds. The molecule has 1 fully saturated rings. The van der Waals surface area contributed by atoms with E-state index in [9.17, 15) is 14.7 Å². The fraction of sp³-hybridized carbons (Fsp3) is 0.304. The zero-order valence-corrected chi connectivity index (χ0v) is 17.3. The van der Waals surface area contributed by atoms with Crippen LogP contribution in [0.3, 0.4) is 0 Å². The highest BCUT2D eigenvalue weighted by Gasteiger charge is 2.45. The summed E-state index contributed by atoms with van der Waals surface area (Å²) in [5.74, 6) is 0.205. The molecule has 1 aliphatic heterocycles. The van der Waals surface area contributed by atoms with Gasteiger partial charge < -0.3 is 14.6 Å². The van der Waals surface area contributed by atoms with Gasteiger partial charge in [-0.25, -0.2) is 9.69 Å². The van der Waals surface area contributed by atoms with Gasteiger partial charge in [0.05, 0.1) is 24.8 Å². The molecule has 2 aromatic carbocycles. The van der Waals surface area contributed by atoms with Gasteiger partial charge in [-0.2, -0.15) is 0 Å². The Morgan fingerprint density at radius 2 is 2.03 bits per heavy atom. The lowest BCUT2D eigenvalue weighted by Gasteiger charge is -2.22. The van der Waals surface area contributed by atoms with Crippen molar-refractivity contribution in [2.24, 2.45) is 0 Å². The molecule has 8 nitrogen and oxygen atoms in total. The fourth-order valence-corrected chi connectivity index (χ4v) is 3.94. The molecule has 160 valence electrons. The molecule has 2 atom stereocenters. The van der Waals surface area contributed by atoms with Crippen LogP contribution in [0.25, 0.3) is 11.0 Å². The van der Waals surface area contributed by atoms with E-state index in [1.54, 1.807) is 25.6 Å². The number of benzene rings is 2. The van der Waals surface area contributed by atoms with E-state index < -0.39 is 30.8 Å². The van der Waals surface area contributed by atoms with Crippen molar-refractivity contribution in [3.05, 3.63) is 65.5 Å². The second kappa shape index (κ2) is 8.69. The zero-order chi connectivity index (χ0) is 22.0. The molecule has 1 aromatic heterocycles. The molecule has 0 radical (unpaired) electrons. The summed E-state index contributed by atoms with van der Waals surface area (Å²) in [5, 5.41) is 9.98. The number of hydrogen-bond acceptors (Lipinski definition) is 7. The topological polar surface area (TPSA) is 102 Å². The molecule has 0 spiro atoms. The molecule has 31 heavy (non-hydrogen) atoms. The Morgan fingerprint density at radius 1 is 1.23 bits per heavy atom. The number of aliphatic hydroxyl groups is 1. The number of hydrogen-bond donors (Lipinski definition) is 1. The number of aryl methyl sites for hydroxylation is 2. The Bertz CT molecular complexity index is 1130. The van der Waals surface area contributed by atoms with Gasteiger partial charge in [0.25, 0.3) is 0 Å². The lowest BCUT2D eigenvalue weighted by atomic mass is 9.99. The zero-order valence-electron chi connectivity index (χ0n) is 17.3. The Balaban J connectivity index is 1.54. The van der Waals surface area contributed by atoms with Crippen molar-refractivity contribution in [1.29, 1.82) is 0 Å². The van der Waals surface area contributed by atoms with Gasteiger partial charge in [-0.1, -0.05) is 18.2 Å². The van der Waals surface area contributed by atoms with Crippen LogP contribution in [0, 0.1) is 6.92 Å². The van der Waals surface area contributed by atoms with Crippen LogP contribution in [0.2, 0.25) is 0 Å². The van der Waals surface area contributed by atoms with E-state index in [0.29, 0.717) is 17.7 Å². The van der Waals surface area contributed by atoms with E-state index in [1.165, 1.54) is 0 Å². The summed E-state index contributed by atoms with van der Waals surface area (Å²) in [5.41, 5.74) is 3.93. The molecule has 1 aliphatic rings. The number of methoxy groups -OCH3 is 1. The number of aromatic nitrogens is 2. The van der Waals surface area contributed by atoms with Gasteiger partial charge in [-0.3, -0.25) is 14.8 Å². The molecule has 2 heterocycles. The highest BCUT2D eigenvalue weighted by molar-refractivity contribution is 5.94. The highest BCUT2D eigenvalue weighted by Crippen LogP contribution is 2.35. The number of amides is 2. The van der Waals surface area contributed by atoms with Crippen LogP contribution in [0.15, 0.2) is 48.8 Å². The molecule has 0 aliphatic carbocycles. The van der Waals surface area contributed by atoms with Crippen molar-refractivity contribution in [3.63, 3.8) is 0 Å². The third-order valence-corrected chi connectivity index (χ3v) is 5.39. The Morgan fingerprint density at radius 3 is 2.81 bits per heavy atom. The molecule has 1 saturated heterocycles. The molecule has 8 heteroatoms. The van der Waals surface area contributed by atoms with Crippen LogP contribution in [0.4, 0.5) is 4.79 Å². The van der Waals surface area contributed by atoms with Crippen LogP contribution in [-0.2, 0) is 16.0 Å². The minimum Gasteiger partial charge on any atom is -0.497 e. The number of ether oxygens (including phenoxy) is 2. The van der Waals surface area contributed by atoms with Crippen LogP contribution in [0.1, 0.15) is 29.2 Å². The van der Waals surface area contributed by atoms with Gasteiger partial charge in [0.1, 0.15) is 11.8 Å². The van der Waals surface area contributed by atoms with Gasteiger partial charge in [0, 0.05) is 18.8 Å². The molecular formula is C23H23N3O5. The molecule has 0 unspecified atom stereocenters. The van der Waals surface area contributed by atoms with E-state index in [2.05, 4.69) is 9.97 Å². The average molecular weight is 421 g/mol. The Kier molecular flexibility index (Phi) is 5.81. The lowest BCUT2D eigenvalue weighted by Crippen LogP contribution is -2.41. The summed E-state index contributed by atoms with van der Waals surface area (Å²) in [6.45, 7) is 1.49. The predicted molar refractivity (Wildman–Crippen MR) is 113 cm³/mol. The molecule has 4 rings (SSSR count). The number of carbonyl (C=O) groups is 2. The van der Waals surface area contributed by atoms with Crippen LogP contribution in [0.5, 0.6) is 5.75 Å². The van der Waals surface area contributed by atoms with Gasteiger partial charge in [-0.15, -0.1) is 0 Å². The number of aliphatic hydroxyl groups excluding tert-OH is 1. The minimum atomic E-state index is -0.807. The fourth-order valence-electron chi connectivity index (χ4n) is 3.94. The van der Waals surface area contributed by atoms with Gasteiger partial charge in [0.15, 0.2) is 6.10 Å². The summed E-state index contributed by atoms with van der Waals surface area (Å²) < 4.78 is 10.8. The van der Waals surface area contributed by atoms with E-state index >= 15 is 0 Å².